The van der Waals surface area contributed by atoms with Gasteiger partial charge in [0.15, 0.2) is 0 Å². The fraction of sp³-hybridized carbons (Fsp3) is 0.647. The zero-order valence-corrected chi connectivity index (χ0v) is 12.7. The van der Waals surface area contributed by atoms with Gasteiger partial charge in [-0.3, -0.25) is 0 Å². The van der Waals surface area contributed by atoms with Gasteiger partial charge in [-0.15, -0.1) is 0 Å². The van der Waals surface area contributed by atoms with Crippen molar-refractivity contribution in [3.05, 3.63) is 29.3 Å². The Labute approximate surface area is 117 Å². The van der Waals surface area contributed by atoms with Crippen LogP contribution in [0.1, 0.15) is 44.2 Å². The molecule has 1 aromatic rings. The predicted molar refractivity (Wildman–Crippen MR) is 81.8 cm³/mol. The molecule has 0 aromatic heterocycles. The van der Waals surface area contributed by atoms with Crippen molar-refractivity contribution >= 4 is 5.69 Å². The van der Waals surface area contributed by atoms with E-state index in [0.29, 0.717) is 12.5 Å². The fourth-order valence-electron chi connectivity index (χ4n) is 3.27. The maximum Gasteiger partial charge on any atom is 0.0434 e. The second-order valence-corrected chi connectivity index (χ2v) is 6.69. The molecule has 2 rings (SSSR count). The Hall–Kier alpha value is -1.02. The van der Waals surface area contributed by atoms with Gasteiger partial charge in [0.25, 0.3) is 0 Å². The molecule has 2 heteroatoms. The minimum atomic E-state index is 0.214. The first-order chi connectivity index (χ1) is 8.92. The van der Waals surface area contributed by atoms with E-state index in [1.165, 1.54) is 29.7 Å². The number of rotatable bonds is 3. The van der Waals surface area contributed by atoms with Crippen LogP contribution in [0.5, 0.6) is 0 Å². The van der Waals surface area contributed by atoms with Crippen molar-refractivity contribution in [1.29, 1.82) is 0 Å². The molecule has 1 saturated heterocycles. The van der Waals surface area contributed by atoms with Crippen LogP contribution in [-0.2, 0) is 0 Å². The van der Waals surface area contributed by atoms with Gasteiger partial charge < -0.3 is 10.0 Å². The molecule has 1 aromatic carbocycles. The van der Waals surface area contributed by atoms with Gasteiger partial charge in [0.2, 0.25) is 0 Å². The Bertz CT molecular complexity index is 419. The molecule has 1 N–H and O–H groups in total. The van der Waals surface area contributed by atoms with Crippen LogP contribution in [0.4, 0.5) is 5.69 Å². The molecular formula is C17H27NO. The number of hydrogen-bond acceptors (Lipinski definition) is 2. The average Bonchev–Trinajstić information content (AvgIpc) is 2.30. The highest BCUT2D eigenvalue weighted by Gasteiger charge is 2.34. The number of benzene rings is 1. The van der Waals surface area contributed by atoms with Crippen LogP contribution in [0.25, 0.3) is 0 Å². The molecule has 1 aliphatic heterocycles. The number of anilines is 1. The summed E-state index contributed by atoms with van der Waals surface area (Å²) in [4.78, 5) is 2.54. The molecule has 0 aliphatic carbocycles. The van der Waals surface area contributed by atoms with Gasteiger partial charge in [-0.25, -0.2) is 0 Å². The molecule has 106 valence electrons. The lowest BCUT2D eigenvalue weighted by Crippen LogP contribution is -2.50. The van der Waals surface area contributed by atoms with Gasteiger partial charge in [0, 0.05) is 24.4 Å². The van der Waals surface area contributed by atoms with Gasteiger partial charge in [-0.1, -0.05) is 6.07 Å². The summed E-state index contributed by atoms with van der Waals surface area (Å²) in [5, 5.41) is 9.18. The van der Waals surface area contributed by atoms with Crippen LogP contribution in [0.15, 0.2) is 18.2 Å². The molecule has 19 heavy (non-hydrogen) atoms. The third-order valence-electron chi connectivity index (χ3n) is 4.39. The highest BCUT2D eigenvalue weighted by molar-refractivity contribution is 5.53. The van der Waals surface area contributed by atoms with Gasteiger partial charge in [0.1, 0.15) is 0 Å². The summed E-state index contributed by atoms with van der Waals surface area (Å²) in [6, 6.07) is 6.80. The van der Waals surface area contributed by atoms with Crippen molar-refractivity contribution in [1.82, 2.24) is 0 Å². The Morgan fingerprint density at radius 2 is 1.84 bits per heavy atom. The Balaban J connectivity index is 2.27. The smallest absolute Gasteiger partial charge is 0.0434 e. The third kappa shape index (κ3) is 3.30. The van der Waals surface area contributed by atoms with E-state index in [1.807, 2.05) is 0 Å². The first-order valence-corrected chi connectivity index (χ1v) is 7.39. The summed E-state index contributed by atoms with van der Waals surface area (Å²) in [7, 11) is 0. The number of nitrogens with zero attached hydrogens (tertiary/aromatic N) is 1. The molecule has 0 amide bonds. The standard InChI is InChI=1S/C17H27NO/c1-13-9-14(2)11-16(10-13)18-12-15(6-8-19)5-7-17(18,3)4/h9-11,15,19H,5-8,12H2,1-4H3. The van der Waals surface area contributed by atoms with E-state index in [4.69, 9.17) is 0 Å². The Morgan fingerprint density at radius 1 is 1.21 bits per heavy atom. The van der Waals surface area contributed by atoms with Crippen LogP contribution in [0.2, 0.25) is 0 Å². The van der Waals surface area contributed by atoms with Crippen molar-refractivity contribution < 1.29 is 5.11 Å². The number of aryl methyl sites for hydroxylation is 2. The third-order valence-corrected chi connectivity index (χ3v) is 4.39. The Morgan fingerprint density at radius 3 is 2.42 bits per heavy atom. The molecule has 0 bridgehead atoms. The highest BCUT2D eigenvalue weighted by atomic mass is 16.3. The zero-order chi connectivity index (χ0) is 14.0. The molecule has 0 spiro atoms. The van der Waals surface area contributed by atoms with Crippen LogP contribution in [0, 0.1) is 19.8 Å². The van der Waals surface area contributed by atoms with E-state index in [9.17, 15) is 5.11 Å². The van der Waals surface area contributed by atoms with Gasteiger partial charge in [-0.05, 0) is 76.1 Å². The first-order valence-electron chi connectivity index (χ1n) is 7.39. The second kappa shape index (κ2) is 5.54. The fourth-order valence-corrected chi connectivity index (χ4v) is 3.27. The van der Waals surface area contributed by atoms with Crippen LogP contribution in [0.3, 0.4) is 0 Å². The van der Waals surface area contributed by atoms with E-state index in [-0.39, 0.29) is 5.54 Å². The van der Waals surface area contributed by atoms with E-state index in [2.05, 4.69) is 50.8 Å². The van der Waals surface area contributed by atoms with E-state index >= 15 is 0 Å². The van der Waals surface area contributed by atoms with Crippen molar-refractivity contribution in [3.63, 3.8) is 0 Å². The molecular weight excluding hydrogens is 234 g/mol. The quantitative estimate of drug-likeness (QED) is 0.897. The second-order valence-electron chi connectivity index (χ2n) is 6.69. The summed E-state index contributed by atoms with van der Waals surface area (Å²) >= 11 is 0. The summed E-state index contributed by atoms with van der Waals surface area (Å²) in [5.41, 5.74) is 4.21. The van der Waals surface area contributed by atoms with Crippen LogP contribution < -0.4 is 4.90 Å². The number of aliphatic hydroxyl groups excluding tert-OH is 1. The van der Waals surface area contributed by atoms with E-state index < -0.39 is 0 Å². The van der Waals surface area contributed by atoms with E-state index in [0.717, 1.165) is 13.0 Å². The van der Waals surface area contributed by atoms with E-state index in [1.54, 1.807) is 0 Å². The zero-order valence-electron chi connectivity index (χ0n) is 12.7. The molecule has 1 atom stereocenters. The largest absolute Gasteiger partial charge is 0.396 e. The summed E-state index contributed by atoms with van der Waals surface area (Å²) in [6.07, 6.45) is 3.36. The summed E-state index contributed by atoms with van der Waals surface area (Å²) in [5.74, 6) is 0.624. The molecule has 1 aliphatic rings. The first kappa shape index (κ1) is 14.4. The van der Waals surface area contributed by atoms with Crippen molar-refractivity contribution in [2.45, 2.75) is 52.5 Å². The predicted octanol–water partition coefficient (Wildman–Crippen LogP) is 3.68. The molecule has 1 heterocycles. The summed E-state index contributed by atoms with van der Waals surface area (Å²) < 4.78 is 0. The molecule has 0 saturated carbocycles. The number of piperidine rings is 1. The maximum absolute atomic E-state index is 9.18. The minimum Gasteiger partial charge on any atom is -0.396 e. The lowest BCUT2D eigenvalue weighted by Gasteiger charge is -2.47. The lowest BCUT2D eigenvalue weighted by molar-refractivity contribution is 0.217. The van der Waals surface area contributed by atoms with Crippen molar-refractivity contribution in [2.75, 3.05) is 18.1 Å². The van der Waals surface area contributed by atoms with Crippen molar-refractivity contribution in [2.24, 2.45) is 5.92 Å². The van der Waals surface area contributed by atoms with Crippen LogP contribution in [-0.4, -0.2) is 23.8 Å². The van der Waals surface area contributed by atoms with Gasteiger partial charge >= 0.3 is 0 Å². The lowest BCUT2D eigenvalue weighted by atomic mass is 9.83. The monoisotopic (exact) mass is 261 g/mol. The van der Waals surface area contributed by atoms with Gasteiger partial charge in [-0.2, -0.15) is 0 Å². The summed E-state index contributed by atoms with van der Waals surface area (Å²) in [6.45, 7) is 10.4. The molecule has 2 nitrogen and oxygen atoms in total. The minimum absolute atomic E-state index is 0.214. The maximum atomic E-state index is 9.18. The average molecular weight is 261 g/mol. The molecule has 0 radical (unpaired) electrons. The van der Waals surface area contributed by atoms with Crippen LogP contribution >= 0.6 is 0 Å². The normalized spacial score (nSPS) is 22.6. The number of hydrogen-bond donors (Lipinski definition) is 1. The Kier molecular flexibility index (Phi) is 4.19. The highest BCUT2D eigenvalue weighted by Crippen LogP contribution is 2.36. The molecule has 1 fully saturated rings. The topological polar surface area (TPSA) is 23.5 Å². The van der Waals surface area contributed by atoms with Gasteiger partial charge in [0.05, 0.1) is 0 Å². The number of aliphatic hydroxyl groups is 1. The molecule has 1 unspecified atom stereocenters. The SMILES string of the molecule is Cc1cc(C)cc(N2CC(CCO)CCC2(C)C)c1. The van der Waals surface area contributed by atoms with Crippen molar-refractivity contribution in [3.8, 4) is 0 Å².